The third kappa shape index (κ3) is 1.23. The number of hydrogen-bond acceptors (Lipinski definition) is 5. The maximum Gasteiger partial charge on any atom is 0.170 e. The molecule has 0 unspecified atom stereocenters. The van der Waals surface area contributed by atoms with E-state index in [-0.39, 0.29) is 0 Å². The topological polar surface area (TPSA) is 58.0 Å². The van der Waals surface area contributed by atoms with Gasteiger partial charge in [-0.15, -0.1) is 5.53 Å². The second-order valence-corrected chi connectivity index (χ2v) is 3.31. The lowest BCUT2D eigenvalue weighted by atomic mass is 10.3. The highest BCUT2D eigenvalue weighted by molar-refractivity contribution is 5.76. The lowest BCUT2D eigenvalue weighted by Gasteiger charge is -2.13. The van der Waals surface area contributed by atoms with Gasteiger partial charge in [-0.2, -0.15) is 5.10 Å². The summed E-state index contributed by atoms with van der Waals surface area (Å²) in [7, 11) is 1.89. The van der Waals surface area contributed by atoms with Crippen molar-refractivity contribution in [2.75, 3.05) is 10.4 Å². The van der Waals surface area contributed by atoms with Crippen molar-refractivity contribution >= 4 is 17.2 Å². The van der Waals surface area contributed by atoms with E-state index in [2.05, 4.69) is 21.0 Å². The fourth-order valence-electron chi connectivity index (χ4n) is 1.56. The molecule has 0 spiro atoms. The number of nitrogens with one attached hydrogen (secondary N) is 2. The standard InChI is InChI=1S/C9H10N6/c1-14-5-3-9(12-14)15-8-2-4-10-6-7(8)11-13-15/h2-6,11,13H,1H3. The Bertz CT molecular complexity index is 491. The Morgan fingerprint density at radius 3 is 3.07 bits per heavy atom. The molecule has 6 heteroatoms. The van der Waals surface area contributed by atoms with Crippen molar-refractivity contribution in [1.29, 1.82) is 0 Å². The number of aryl methyl sites for hydroxylation is 1. The van der Waals surface area contributed by atoms with E-state index in [0.717, 1.165) is 17.2 Å². The third-order valence-electron chi connectivity index (χ3n) is 2.27. The van der Waals surface area contributed by atoms with Crippen LogP contribution in [0.25, 0.3) is 0 Å². The highest BCUT2D eigenvalue weighted by atomic mass is 15.7. The van der Waals surface area contributed by atoms with Gasteiger partial charge in [-0.25, -0.2) is 5.01 Å². The minimum atomic E-state index is 0.843. The first-order valence-corrected chi connectivity index (χ1v) is 4.60. The average Bonchev–Trinajstić information content (AvgIpc) is 2.83. The van der Waals surface area contributed by atoms with Gasteiger partial charge in [0.05, 0.1) is 17.6 Å². The molecule has 6 nitrogen and oxygen atoms in total. The van der Waals surface area contributed by atoms with Gasteiger partial charge in [-0.05, 0) is 6.07 Å². The number of pyridine rings is 1. The summed E-state index contributed by atoms with van der Waals surface area (Å²) in [6.45, 7) is 0. The maximum absolute atomic E-state index is 4.31. The van der Waals surface area contributed by atoms with Crippen LogP contribution in [0.3, 0.4) is 0 Å². The van der Waals surface area contributed by atoms with Crippen LogP contribution in [0.4, 0.5) is 17.2 Å². The summed E-state index contributed by atoms with van der Waals surface area (Å²) < 4.78 is 1.76. The van der Waals surface area contributed by atoms with Crippen molar-refractivity contribution in [2.45, 2.75) is 0 Å². The van der Waals surface area contributed by atoms with E-state index >= 15 is 0 Å². The highest BCUT2D eigenvalue weighted by Gasteiger charge is 2.20. The number of fused-ring (bicyclic) bond motifs is 1. The van der Waals surface area contributed by atoms with Gasteiger partial charge in [0.1, 0.15) is 0 Å². The zero-order valence-corrected chi connectivity index (χ0v) is 8.18. The van der Waals surface area contributed by atoms with Gasteiger partial charge in [-0.3, -0.25) is 15.1 Å². The predicted molar refractivity (Wildman–Crippen MR) is 56.3 cm³/mol. The molecule has 3 heterocycles. The number of hydrogen-bond donors (Lipinski definition) is 2. The minimum Gasteiger partial charge on any atom is -0.300 e. The molecule has 3 rings (SSSR count). The summed E-state index contributed by atoms with van der Waals surface area (Å²) in [5.74, 6) is 0.843. The smallest absolute Gasteiger partial charge is 0.170 e. The first-order valence-electron chi connectivity index (χ1n) is 4.60. The fraction of sp³-hybridized carbons (Fsp3) is 0.111. The van der Waals surface area contributed by atoms with Gasteiger partial charge in [0.25, 0.3) is 0 Å². The van der Waals surface area contributed by atoms with E-state index in [1.54, 1.807) is 17.1 Å². The van der Waals surface area contributed by atoms with E-state index < -0.39 is 0 Å². The summed E-state index contributed by atoms with van der Waals surface area (Å²) in [6.07, 6.45) is 5.42. The lowest BCUT2D eigenvalue weighted by molar-refractivity contribution is 0.746. The molecule has 0 saturated carbocycles. The Morgan fingerprint density at radius 2 is 2.27 bits per heavy atom. The van der Waals surface area contributed by atoms with Crippen LogP contribution < -0.4 is 16.0 Å². The van der Waals surface area contributed by atoms with Gasteiger partial charge >= 0.3 is 0 Å². The Hall–Kier alpha value is -2.08. The quantitative estimate of drug-likeness (QED) is 0.716. The molecule has 0 saturated heterocycles. The van der Waals surface area contributed by atoms with Crippen LogP contribution in [0.5, 0.6) is 0 Å². The molecule has 0 aromatic carbocycles. The number of rotatable bonds is 1. The molecule has 76 valence electrons. The number of nitrogens with zero attached hydrogens (tertiary/aromatic N) is 4. The summed E-state index contributed by atoms with van der Waals surface area (Å²) in [6, 6.07) is 3.86. The summed E-state index contributed by atoms with van der Waals surface area (Å²) >= 11 is 0. The molecule has 15 heavy (non-hydrogen) atoms. The molecule has 0 atom stereocenters. The van der Waals surface area contributed by atoms with Crippen LogP contribution in [0.2, 0.25) is 0 Å². The Balaban J connectivity index is 2.04. The highest BCUT2D eigenvalue weighted by Crippen LogP contribution is 2.31. The third-order valence-corrected chi connectivity index (χ3v) is 2.27. The fourth-order valence-corrected chi connectivity index (χ4v) is 1.56. The van der Waals surface area contributed by atoms with Crippen molar-refractivity contribution in [3.8, 4) is 0 Å². The SMILES string of the molecule is Cn1ccc(N2NNc3cnccc32)n1. The van der Waals surface area contributed by atoms with Gasteiger partial charge in [0.2, 0.25) is 0 Å². The van der Waals surface area contributed by atoms with E-state index in [1.165, 1.54) is 0 Å². The van der Waals surface area contributed by atoms with Crippen LogP contribution in [0.15, 0.2) is 30.7 Å². The van der Waals surface area contributed by atoms with Crippen LogP contribution >= 0.6 is 0 Å². The van der Waals surface area contributed by atoms with Crippen molar-refractivity contribution in [3.05, 3.63) is 30.7 Å². The molecule has 2 aromatic heterocycles. The van der Waals surface area contributed by atoms with E-state index in [0.29, 0.717) is 0 Å². The van der Waals surface area contributed by atoms with Crippen molar-refractivity contribution in [3.63, 3.8) is 0 Å². The summed E-state index contributed by atoms with van der Waals surface area (Å²) in [5, 5.41) is 6.18. The van der Waals surface area contributed by atoms with Gasteiger partial charge in [0.15, 0.2) is 5.82 Å². The van der Waals surface area contributed by atoms with Crippen molar-refractivity contribution in [2.24, 2.45) is 7.05 Å². The molecule has 2 aromatic rings. The normalized spacial score (nSPS) is 13.8. The Kier molecular flexibility index (Phi) is 1.63. The van der Waals surface area contributed by atoms with Crippen molar-refractivity contribution < 1.29 is 0 Å². The molecular formula is C9H10N6. The van der Waals surface area contributed by atoms with Crippen molar-refractivity contribution in [1.82, 2.24) is 20.3 Å². The largest absolute Gasteiger partial charge is 0.300 e. The van der Waals surface area contributed by atoms with Gasteiger partial charge in [0, 0.05) is 25.5 Å². The summed E-state index contributed by atoms with van der Waals surface area (Å²) in [4.78, 5) is 4.03. The van der Waals surface area contributed by atoms with E-state index in [9.17, 15) is 0 Å². The molecule has 0 bridgehead atoms. The molecule has 0 amide bonds. The lowest BCUT2D eigenvalue weighted by Crippen LogP contribution is -2.31. The molecule has 1 aliphatic heterocycles. The second-order valence-electron chi connectivity index (χ2n) is 3.31. The predicted octanol–water partition coefficient (Wildman–Crippen LogP) is 0.798. The average molecular weight is 202 g/mol. The van der Waals surface area contributed by atoms with Gasteiger partial charge in [-0.1, -0.05) is 0 Å². The van der Waals surface area contributed by atoms with Crippen LogP contribution in [-0.2, 0) is 7.05 Å². The second kappa shape index (κ2) is 2.96. The minimum absolute atomic E-state index is 0.843. The maximum atomic E-state index is 4.31. The van der Waals surface area contributed by atoms with Gasteiger partial charge < -0.3 is 0 Å². The number of aromatic nitrogens is 3. The van der Waals surface area contributed by atoms with Crippen LogP contribution in [0, 0.1) is 0 Å². The molecule has 1 aliphatic rings. The van der Waals surface area contributed by atoms with Crippen LogP contribution in [0.1, 0.15) is 0 Å². The molecule has 0 radical (unpaired) electrons. The Morgan fingerprint density at radius 1 is 1.33 bits per heavy atom. The van der Waals surface area contributed by atoms with E-state index in [4.69, 9.17) is 0 Å². The van der Waals surface area contributed by atoms with Crippen LogP contribution in [-0.4, -0.2) is 14.8 Å². The zero-order chi connectivity index (χ0) is 10.3. The number of anilines is 3. The zero-order valence-electron chi connectivity index (χ0n) is 8.18. The molecular weight excluding hydrogens is 192 g/mol. The monoisotopic (exact) mass is 202 g/mol. The Labute approximate surface area is 86.5 Å². The molecule has 0 aliphatic carbocycles. The first-order chi connectivity index (χ1) is 7.34. The molecule has 0 fully saturated rings. The van der Waals surface area contributed by atoms with E-state index in [1.807, 2.05) is 30.4 Å². The molecule has 2 N–H and O–H groups in total. The number of hydrazine groups is 2. The summed E-state index contributed by atoms with van der Waals surface area (Å²) in [5.41, 5.74) is 8.01. The first kappa shape index (κ1) is 8.25.